The predicted molar refractivity (Wildman–Crippen MR) is 33.2 cm³/mol. The van der Waals surface area contributed by atoms with Gasteiger partial charge in [0.1, 0.15) is 12.3 Å². The summed E-state index contributed by atoms with van der Waals surface area (Å²) in [4.78, 5) is 10.1. The number of hydrogen-bond acceptors (Lipinski definition) is 2. The molecule has 0 aromatic heterocycles. The molecule has 10 heavy (non-hydrogen) atoms. The smallest absolute Gasteiger partial charge is 0.404 e. The average Bonchev–Trinajstić information content (AvgIpc) is 2.13. The van der Waals surface area contributed by atoms with E-state index in [4.69, 9.17) is 5.73 Å². The fraction of sp³-hybridized carbons (Fsp3) is 0.833. The van der Waals surface area contributed by atoms with Gasteiger partial charge in [0, 0.05) is 6.42 Å². The molecule has 0 unspecified atom stereocenters. The Balaban J connectivity index is 2.24. The zero-order valence-electron chi connectivity index (χ0n) is 5.55. The molecule has 0 bridgehead atoms. The quantitative estimate of drug-likeness (QED) is 0.600. The second-order valence-electron chi connectivity index (χ2n) is 2.47. The third-order valence-electron chi connectivity index (χ3n) is 1.60. The summed E-state index contributed by atoms with van der Waals surface area (Å²) in [5.74, 6) is 0. The highest BCUT2D eigenvalue weighted by atomic mass is 19.1. The number of alkyl halides is 1. The summed E-state index contributed by atoms with van der Waals surface area (Å²) >= 11 is 0. The fourth-order valence-electron chi connectivity index (χ4n) is 1.16. The molecule has 1 amide bonds. The van der Waals surface area contributed by atoms with Gasteiger partial charge in [0.25, 0.3) is 0 Å². The summed E-state index contributed by atoms with van der Waals surface area (Å²) in [5, 5.41) is 0. The minimum absolute atomic E-state index is 0.285. The van der Waals surface area contributed by atoms with Crippen LogP contribution in [0.15, 0.2) is 0 Å². The van der Waals surface area contributed by atoms with E-state index >= 15 is 0 Å². The number of rotatable bonds is 1. The molecule has 0 saturated heterocycles. The molecular weight excluding hydrogens is 137 g/mol. The van der Waals surface area contributed by atoms with Crippen molar-refractivity contribution in [3.63, 3.8) is 0 Å². The second kappa shape index (κ2) is 2.86. The Hall–Kier alpha value is -0.800. The second-order valence-corrected chi connectivity index (χ2v) is 2.47. The van der Waals surface area contributed by atoms with Crippen molar-refractivity contribution in [1.29, 1.82) is 0 Å². The van der Waals surface area contributed by atoms with E-state index in [0.717, 1.165) is 0 Å². The Morgan fingerprint density at radius 3 is 2.70 bits per heavy atom. The summed E-state index contributed by atoms with van der Waals surface area (Å²) in [6.45, 7) is 0. The lowest BCUT2D eigenvalue weighted by Gasteiger charge is -2.06. The van der Waals surface area contributed by atoms with Crippen LogP contribution < -0.4 is 5.73 Å². The van der Waals surface area contributed by atoms with Gasteiger partial charge in [-0.25, -0.2) is 9.18 Å². The van der Waals surface area contributed by atoms with Gasteiger partial charge in [-0.05, 0) is 12.8 Å². The Kier molecular flexibility index (Phi) is 2.09. The van der Waals surface area contributed by atoms with Crippen LogP contribution in [0.4, 0.5) is 9.18 Å². The van der Waals surface area contributed by atoms with E-state index in [1.165, 1.54) is 0 Å². The number of carbonyl (C=O) groups is 1. The number of ether oxygens (including phenoxy) is 1. The van der Waals surface area contributed by atoms with Crippen molar-refractivity contribution < 1.29 is 13.9 Å². The van der Waals surface area contributed by atoms with Crippen LogP contribution in [-0.2, 0) is 4.74 Å². The minimum atomic E-state index is -0.815. The van der Waals surface area contributed by atoms with E-state index < -0.39 is 12.3 Å². The predicted octanol–water partition coefficient (Wildman–Crippen LogP) is 0.972. The average molecular weight is 147 g/mol. The summed E-state index contributed by atoms with van der Waals surface area (Å²) in [6.07, 6.45) is -0.513. The maximum Gasteiger partial charge on any atom is 0.404 e. The summed E-state index contributed by atoms with van der Waals surface area (Å²) in [6, 6.07) is 0. The van der Waals surface area contributed by atoms with Crippen molar-refractivity contribution in [2.45, 2.75) is 31.5 Å². The number of carbonyl (C=O) groups excluding carboxylic acids is 1. The molecule has 0 aliphatic heterocycles. The van der Waals surface area contributed by atoms with E-state index in [1.54, 1.807) is 0 Å². The molecule has 0 heterocycles. The third kappa shape index (κ3) is 1.86. The van der Waals surface area contributed by atoms with Crippen molar-refractivity contribution >= 4 is 6.09 Å². The molecule has 1 rings (SSSR count). The number of primary amides is 1. The number of nitrogens with two attached hydrogens (primary N) is 1. The SMILES string of the molecule is NC(=O)O[C@H]1CC[C@@H](F)C1. The standard InChI is InChI=1S/C6H10FNO2/c7-4-1-2-5(3-4)10-6(8)9/h4-5H,1-3H2,(H2,8,9)/t4-,5+/m1/s1. The van der Waals surface area contributed by atoms with Crippen molar-refractivity contribution in [1.82, 2.24) is 0 Å². The molecule has 1 saturated carbocycles. The molecule has 1 aliphatic carbocycles. The third-order valence-corrected chi connectivity index (χ3v) is 1.60. The molecular formula is C6H10FNO2. The Labute approximate surface area is 58.3 Å². The Morgan fingerprint density at radius 1 is 1.60 bits per heavy atom. The van der Waals surface area contributed by atoms with E-state index in [0.29, 0.717) is 19.3 Å². The first-order chi connectivity index (χ1) is 4.68. The van der Waals surface area contributed by atoms with Crippen LogP contribution in [0, 0.1) is 0 Å². The lowest BCUT2D eigenvalue weighted by atomic mass is 10.3. The zero-order chi connectivity index (χ0) is 7.56. The topological polar surface area (TPSA) is 52.3 Å². The highest BCUT2D eigenvalue weighted by molar-refractivity contribution is 5.64. The number of amides is 1. The Morgan fingerprint density at radius 2 is 2.30 bits per heavy atom. The zero-order valence-corrected chi connectivity index (χ0v) is 5.55. The molecule has 3 nitrogen and oxygen atoms in total. The van der Waals surface area contributed by atoms with Crippen LogP contribution in [0.1, 0.15) is 19.3 Å². The van der Waals surface area contributed by atoms with Crippen LogP contribution in [-0.4, -0.2) is 18.4 Å². The Bertz CT molecular complexity index is 140. The molecule has 2 atom stereocenters. The van der Waals surface area contributed by atoms with Crippen molar-refractivity contribution in [2.75, 3.05) is 0 Å². The summed E-state index contributed by atoms with van der Waals surface area (Å²) in [7, 11) is 0. The molecule has 0 radical (unpaired) electrons. The maximum absolute atomic E-state index is 12.4. The molecule has 4 heteroatoms. The van der Waals surface area contributed by atoms with Crippen molar-refractivity contribution in [3.8, 4) is 0 Å². The van der Waals surface area contributed by atoms with Gasteiger partial charge in [-0.2, -0.15) is 0 Å². The molecule has 0 aromatic carbocycles. The summed E-state index contributed by atoms with van der Waals surface area (Å²) < 4.78 is 17.0. The van der Waals surface area contributed by atoms with Gasteiger partial charge in [-0.1, -0.05) is 0 Å². The van der Waals surface area contributed by atoms with E-state index in [-0.39, 0.29) is 6.10 Å². The van der Waals surface area contributed by atoms with Crippen molar-refractivity contribution in [3.05, 3.63) is 0 Å². The fourth-order valence-corrected chi connectivity index (χ4v) is 1.16. The largest absolute Gasteiger partial charge is 0.446 e. The highest BCUT2D eigenvalue weighted by Crippen LogP contribution is 2.24. The number of hydrogen-bond donors (Lipinski definition) is 1. The molecule has 58 valence electrons. The van der Waals surface area contributed by atoms with Crippen LogP contribution in [0.5, 0.6) is 0 Å². The lowest BCUT2D eigenvalue weighted by Crippen LogP contribution is -2.20. The normalized spacial score (nSPS) is 32.1. The van der Waals surface area contributed by atoms with E-state index in [1.807, 2.05) is 0 Å². The van der Waals surface area contributed by atoms with Crippen LogP contribution in [0.3, 0.4) is 0 Å². The first kappa shape index (κ1) is 7.31. The van der Waals surface area contributed by atoms with Gasteiger partial charge in [0.2, 0.25) is 0 Å². The van der Waals surface area contributed by atoms with E-state index in [9.17, 15) is 9.18 Å². The monoisotopic (exact) mass is 147 g/mol. The highest BCUT2D eigenvalue weighted by Gasteiger charge is 2.26. The van der Waals surface area contributed by atoms with Crippen molar-refractivity contribution in [2.24, 2.45) is 5.73 Å². The number of halogens is 1. The lowest BCUT2D eigenvalue weighted by molar-refractivity contribution is 0.106. The molecule has 1 fully saturated rings. The maximum atomic E-state index is 12.4. The van der Waals surface area contributed by atoms with Crippen LogP contribution >= 0.6 is 0 Å². The van der Waals surface area contributed by atoms with Crippen LogP contribution in [0.2, 0.25) is 0 Å². The van der Waals surface area contributed by atoms with E-state index in [2.05, 4.69) is 4.74 Å². The first-order valence-electron chi connectivity index (χ1n) is 3.28. The summed E-state index contributed by atoms with van der Waals surface area (Å²) in [5.41, 5.74) is 4.73. The van der Waals surface area contributed by atoms with Crippen LogP contribution in [0.25, 0.3) is 0 Å². The van der Waals surface area contributed by atoms with Gasteiger partial charge in [-0.3, -0.25) is 0 Å². The molecule has 1 aliphatic rings. The first-order valence-corrected chi connectivity index (χ1v) is 3.28. The van der Waals surface area contributed by atoms with Gasteiger partial charge in [0.15, 0.2) is 0 Å². The van der Waals surface area contributed by atoms with Gasteiger partial charge in [0.05, 0.1) is 0 Å². The molecule has 2 N–H and O–H groups in total. The van der Waals surface area contributed by atoms with Gasteiger partial charge in [-0.15, -0.1) is 0 Å². The molecule has 0 spiro atoms. The van der Waals surface area contributed by atoms with Gasteiger partial charge >= 0.3 is 6.09 Å². The molecule has 0 aromatic rings. The van der Waals surface area contributed by atoms with Gasteiger partial charge < -0.3 is 10.5 Å². The minimum Gasteiger partial charge on any atom is -0.446 e.